The zero-order chi connectivity index (χ0) is 36.3. The third-order valence-electron chi connectivity index (χ3n) is 7.96. The van der Waals surface area contributed by atoms with Gasteiger partial charge in [-0.1, -0.05) is 54.6 Å². The molecule has 5 rings (SSSR count). The standard InChI is InChI=1S/C36H37NO14/c1-37-18-19-45-36-30(49-33(42)23-16-10-5-11-17-23)28(27(29(51-36)34(43)44-2)48-32(41)22-14-8-4-9-15-22)50-35-26(39)25(38)24(20-46-35)47-31(40)21-12-6-3-7-13-21/h3-17,24-30,35-36,38-39H,1,18-20H2,2H3/t24-,25?,26?,27+,28?,29?,30?,35-,36-/m1/s1. The minimum absolute atomic E-state index is 0.0831. The van der Waals surface area contributed by atoms with Crippen LogP contribution < -0.4 is 0 Å². The molecule has 0 bridgehead atoms. The maximum atomic E-state index is 13.4. The predicted molar refractivity (Wildman–Crippen MR) is 175 cm³/mol. The summed E-state index contributed by atoms with van der Waals surface area (Å²) in [4.78, 5) is 56.5. The highest BCUT2D eigenvalue weighted by molar-refractivity contribution is 5.91. The number of aliphatic hydroxyl groups excluding tert-OH is 2. The average molecular weight is 708 g/mol. The number of nitrogens with zero attached hydrogens (tertiary/aromatic N) is 1. The molecule has 2 aliphatic rings. The minimum Gasteiger partial charge on any atom is -0.467 e. The molecule has 2 aliphatic heterocycles. The van der Waals surface area contributed by atoms with E-state index in [1.807, 2.05) is 0 Å². The summed E-state index contributed by atoms with van der Waals surface area (Å²) in [5.41, 5.74) is 0.432. The van der Waals surface area contributed by atoms with E-state index in [0.29, 0.717) is 0 Å². The number of rotatable bonds is 13. The van der Waals surface area contributed by atoms with Crippen LogP contribution in [0, 0.1) is 0 Å². The Bertz CT molecular complexity index is 1620. The highest BCUT2D eigenvalue weighted by Crippen LogP contribution is 2.33. The van der Waals surface area contributed by atoms with Crippen molar-refractivity contribution < 1.29 is 67.3 Å². The van der Waals surface area contributed by atoms with Crippen LogP contribution in [-0.2, 0) is 42.7 Å². The number of hydrogen-bond donors (Lipinski definition) is 2. The fraction of sp³-hybridized carbons (Fsp3) is 0.361. The lowest BCUT2D eigenvalue weighted by Gasteiger charge is -2.46. The Kier molecular flexibility index (Phi) is 13.0. The van der Waals surface area contributed by atoms with Crippen molar-refractivity contribution in [3.05, 3.63) is 108 Å². The summed E-state index contributed by atoms with van der Waals surface area (Å²) >= 11 is 0. The van der Waals surface area contributed by atoms with Gasteiger partial charge in [0.1, 0.15) is 18.3 Å². The molecule has 3 aromatic rings. The molecule has 0 aliphatic carbocycles. The van der Waals surface area contributed by atoms with Crippen molar-refractivity contribution >= 4 is 30.6 Å². The number of hydrogen-bond acceptors (Lipinski definition) is 15. The summed E-state index contributed by atoms with van der Waals surface area (Å²) in [6.45, 7) is 2.94. The minimum atomic E-state index is -1.87. The van der Waals surface area contributed by atoms with Crippen molar-refractivity contribution in [1.29, 1.82) is 0 Å². The summed E-state index contributed by atoms with van der Waals surface area (Å²) in [6, 6.07) is 23.7. The first-order valence-electron chi connectivity index (χ1n) is 15.9. The lowest BCUT2D eigenvalue weighted by atomic mass is 9.96. The third-order valence-corrected chi connectivity index (χ3v) is 7.96. The van der Waals surface area contributed by atoms with E-state index < -0.39 is 85.8 Å². The second-order valence-corrected chi connectivity index (χ2v) is 11.3. The highest BCUT2D eigenvalue weighted by atomic mass is 16.8. The fourth-order valence-corrected chi connectivity index (χ4v) is 5.35. The second kappa shape index (κ2) is 17.8. The number of carbonyl (C=O) groups is 4. The van der Waals surface area contributed by atoms with Gasteiger partial charge in [0.05, 0.1) is 43.6 Å². The zero-order valence-corrected chi connectivity index (χ0v) is 27.4. The molecule has 0 aromatic heterocycles. The average Bonchev–Trinajstić information content (AvgIpc) is 3.16. The van der Waals surface area contributed by atoms with Crippen LogP contribution >= 0.6 is 0 Å². The van der Waals surface area contributed by atoms with E-state index in [9.17, 15) is 29.4 Å². The Balaban J connectivity index is 1.48. The van der Waals surface area contributed by atoms with Gasteiger partial charge in [-0.15, -0.1) is 0 Å². The van der Waals surface area contributed by atoms with Crippen LogP contribution in [0.3, 0.4) is 0 Å². The molecule has 0 amide bonds. The smallest absolute Gasteiger partial charge is 0.339 e. The van der Waals surface area contributed by atoms with Crippen molar-refractivity contribution in [2.24, 2.45) is 4.99 Å². The Morgan fingerprint density at radius 2 is 1.24 bits per heavy atom. The van der Waals surface area contributed by atoms with Gasteiger partial charge in [0.15, 0.2) is 37.0 Å². The summed E-state index contributed by atoms with van der Waals surface area (Å²) < 4.78 is 45.7. The molecular formula is C36H37NO14. The molecular weight excluding hydrogens is 670 g/mol. The summed E-state index contributed by atoms with van der Waals surface area (Å²) in [5.74, 6) is -3.55. The van der Waals surface area contributed by atoms with Gasteiger partial charge in [-0.25, -0.2) is 19.2 Å². The summed E-state index contributed by atoms with van der Waals surface area (Å²) in [6.07, 6.45) is -14.9. The lowest BCUT2D eigenvalue weighted by Crippen LogP contribution is -2.66. The van der Waals surface area contributed by atoms with Gasteiger partial charge in [-0.3, -0.25) is 4.99 Å². The monoisotopic (exact) mass is 707 g/mol. The molecule has 15 nitrogen and oxygen atoms in total. The van der Waals surface area contributed by atoms with E-state index in [1.54, 1.807) is 54.6 Å². The van der Waals surface area contributed by atoms with Gasteiger partial charge >= 0.3 is 23.9 Å². The van der Waals surface area contributed by atoms with Gasteiger partial charge in [0.2, 0.25) is 0 Å². The third kappa shape index (κ3) is 9.21. The Hall–Kier alpha value is -5.03. The molecule has 2 heterocycles. The van der Waals surface area contributed by atoms with Gasteiger partial charge in [0, 0.05) is 0 Å². The molecule has 0 saturated carbocycles. The first-order chi connectivity index (χ1) is 24.7. The molecule has 270 valence electrons. The molecule has 0 radical (unpaired) electrons. The molecule has 2 N–H and O–H groups in total. The number of esters is 4. The molecule has 51 heavy (non-hydrogen) atoms. The molecule has 15 heteroatoms. The quantitative estimate of drug-likeness (QED) is 0.113. The van der Waals surface area contributed by atoms with E-state index in [-0.39, 0.29) is 29.8 Å². The lowest BCUT2D eigenvalue weighted by molar-refractivity contribution is -0.342. The van der Waals surface area contributed by atoms with Crippen LogP contribution in [-0.4, -0.2) is 123 Å². The molecule has 9 atom stereocenters. The second-order valence-electron chi connectivity index (χ2n) is 11.3. The highest BCUT2D eigenvalue weighted by Gasteiger charge is 2.56. The normalized spacial score (nSPS) is 27.4. The van der Waals surface area contributed by atoms with Gasteiger partial charge in [-0.05, 0) is 43.1 Å². The maximum absolute atomic E-state index is 13.4. The first kappa shape index (κ1) is 37.2. The van der Waals surface area contributed by atoms with E-state index in [2.05, 4.69) is 11.7 Å². The van der Waals surface area contributed by atoms with Crippen molar-refractivity contribution in [3.63, 3.8) is 0 Å². The van der Waals surface area contributed by atoms with Crippen LogP contribution in [0.4, 0.5) is 0 Å². The molecule has 2 saturated heterocycles. The molecule has 5 unspecified atom stereocenters. The van der Waals surface area contributed by atoms with Crippen LogP contribution in [0.25, 0.3) is 0 Å². The van der Waals surface area contributed by atoms with Crippen molar-refractivity contribution in [2.75, 3.05) is 26.9 Å². The van der Waals surface area contributed by atoms with Gasteiger partial charge in [0.25, 0.3) is 0 Å². The zero-order valence-electron chi connectivity index (χ0n) is 27.4. The van der Waals surface area contributed by atoms with Crippen LogP contribution in [0.1, 0.15) is 31.1 Å². The fourth-order valence-electron chi connectivity index (χ4n) is 5.35. The van der Waals surface area contributed by atoms with E-state index in [4.69, 9.17) is 37.9 Å². The molecule has 3 aromatic carbocycles. The largest absolute Gasteiger partial charge is 0.467 e. The Labute approximate surface area is 292 Å². The van der Waals surface area contributed by atoms with Gasteiger partial charge in [-0.2, -0.15) is 0 Å². The van der Waals surface area contributed by atoms with Crippen LogP contribution in [0.15, 0.2) is 96.0 Å². The van der Waals surface area contributed by atoms with Crippen molar-refractivity contribution in [1.82, 2.24) is 0 Å². The number of carbonyl (C=O) groups excluding carboxylic acids is 4. The van der Waals surface area contributed by atoms with E-state index in [0.717, 1.165) is 7.11 Å². The van der Waals surface area contributed by atoms with E-state index >= 15 is 0 Å². The number of benzene rings is 3. The number of aliphatic imine (C=N–C) groups is 1. The summed E-state index contributed by atoms with van der Waals surface area (Å²) in [7, 11) is 1.08. The number of aliphatic hydroxyl groups is 2. The molecule has 0 spiro atoms. The predicted octanol–water partition coefficient (Wildman–Crippen LogP) is 1.74. The number of ether oxygens (including phenoxy) is 8. The first-order valence-corrected chi connectivity index (χ1v) is 15.9. The Morgan fingerprint density at radius 3 is 1.75 bits per heavy atom. The molecule has 2 fully saturated rings. The SMILES string of the molecule is C=NCCO[C@@H]1OC(C(=O)OC)[C@@H](OC(=O)c2ccccc2)C(O[C@H]2OC[C@@H](OC(=O)c3ccccc3)C(O)C2O)C1OC(=O)c1ccccc1. The van der Waals surface area contributed by atoms with Gasteiger partial charge < -0.3 is 48.1 Å². The Morgan fingerprint density at radius 1 is 0.725 bits per heavy atom. The summed E-state index contributed by atoms with van der Waals surface area (Å²) in [5, 5.41) is 22.2. The van der Waals surface area contributed by atoms with E-state index in [1.165, 1.54) is 36.4 Å². The van der Waals surface area contributed by atoms with Crippen LogP contribution in [0.2, 0.25) is 0 Å². The van der Waals surface area contributed by atoms with Crippen molar-refractivity contribution in [2.45, 2.75) is 55.3 Å². The van der Waals surface area contributed by atoms with Crippen LogP contribution in [0.5, 0.6) is 0 Å². The number of methoxy groups -OCH3 is 1. The topological polar surface area (TPSA) is 195 Å². The van der Waals surface area contributed by atoms with Crippen molar-refractivity contribution in [3.8, 4) is 0 Å². The maximum Gasteiger partial charge on any atom is 0.339 e.